The van der Waals surface area contributed by atoms with Crippen molar-refractivity contribution < 1.29 is 5.11 Å². The minimum Gasteiger partial charge on any atom is -0.393 e. The molecule has 1 aromatic carbocycles. The third-order valence-electron chi connectivity index (χ3n) is 4.52. The molecule has 6 heteroatoms. The molecular weight excluding hydrogens is 290 g/mol. The molecule has 0 spiro atoms. The van der Waals surface area contributed by atoms with Crippen LogP contribution in [0.5, 0.6) is 0 Å². The van der Waals surface area contributed by atoms with Gasteiger partial charge < -0.3 is 5.11 Å². The van der Waals surface area contributed by atoms with Crippen molar-refractivity contribution in [1.82, 2.24) is 25.1 Å². The third-order valence-corrected chi connectivity index (χ3v) is 4.52. The summed E-state index contributed by atoms with van der Waals surface area (Å²) in [5, 5.41) is 22.2. The van der Waals surface area contributed by atoms with E-state index >= 15 is 0 Å². The highest BCUT2D eigenvalue weighted by Gasteiger charge is 2.31. The summed E-state index contributed by atoms with van der Waals surface area (Å²) >= 11 is 0. The van der Waals surface area contributed by atoms with Crippen molar-refractivity contribution in [3.63, 3.8) is 0 Å². The smallest absolute Gasteiger partial charge is 0.169 e. The Kier molecular flexibility index (Phi) is 5.03. The van der Waals surface area contributed by atoms with E-state index in [1.54, 1.807) is 0 Å². The molecular formula is C17H25N5O. The molecule has 0 amide bonds. The van der Waals surface area contributed by atoms with Gasteiger partial charge in [-0.3, -0.25) is 4.90 Å². The third kappa shape index (κ3) is 3.76. The normalized spacial score (nSPS) is 18.4. The number of hydrogen-bond acceptors (Lipinski definition) is 5. The molecule has 3 rings (SSSR count). The zero-order valence-corrected chi connectivity index (χ0v) is 13.8. The Balaban J connectivity index is 1.82. The summed E-state index contributed by atoms with van der Waals surface area (Å²) in [5.41, 5.74) is 1.19. The highest BCUT2D eigenvalue weighted by atomic mass is 16.3. The van der Waals surface area contributed by atoms with Gasteiger partial charge in [-0.1, -0.05) is 44.2 Å². The molecule has 1 fully saturated rings. The summed E-state index contributed by atoms with van der Waals surface area (Å²) in [7, 11) is 0. The molecule has 124 valence electrons. The number of aliphatic hydroxyl groups is 1. The summed E-state index contributed by atoms with van der Waals surface area (Å²) in [6.07, 6.45) is 1.48. The number of hydrogen-bond donors (Lipinski definition) is 1. The quantitative estimate of drug-likeness (QED) is 0.912. The molecule has 1 N–H and O–H groups in total. The molecule has 1 atom stereocenters. The zero-order valence-electron chi connectivity index (χ0n) is 13.8. The van der Waals surface area contributed by atoms with Crippen LogP contribution < -0.4 is 0 Å². The van der Waals surface area contributed by atoms with Gasteiger partial charge in [0, 0.05) is 13.1 Å². The van der Waals surface area contributed by atoms with Gasteiger partial charge in [-0.25, -0.2) is 4.68 Å². The van der Waals surface area contributed by atoms with Crippen molar-refractivity contribution in [2.45, 2.75) is 45.4 Å². The van der Waals surface area contributed by atoms with Gasteiger partial charge in [0.25, 0.3) is 0 Å². The van der Waals surface area contributed by atoms with Crippen LogP contribution in [0.3, 0.4) is 0 Å². The summed E-state index contributed by atoms with van der Waals surface area (Å²) < 4.78 is 1.91. The Morgan fingerprint density at radius 3 is 2.52 bits per heavy atom. The van der Waals surface area contributed by atoms with Crippen molar-refractivity contribution in [3.8, 4) is 0 Å². The van der Waals surface area contributed by atoms with Gasteiger partial charge in [-0.05, 0) is 34.7 Å². The van der Waals surface area contributed by atoms with Crippen LogP contribution in [-0.2, 0) is 6.54 Å². The molecule has 2 heterocycles. The molecule has 1 aliphatic heterocycles. The Morgan fingerprint density at radius 2 is 1.87 bits per heavy atom. The summed E-state index contributed by atoms with van der Waals surface area (Å²) in [4.78, 5) is 2.41. The maximum Gasteiger partial charge on any atom is 0.169 e. The highest BCUT2D eigenvalue weighted by Crippen LogP contribution is 2.29. The fourth-order valence-corrected chi connectivity index (χ4v) is 3.34. The van der Waals surface area contributed by atoms with Gasteiger partial charge in [0.2, 0.25) is 0 Å². The van der Waals surface area contributed by atoms with Crippen molar-refractivity contribution in [1.29, 1.82) is 0 Å². The van der Waals surface area contributed by atoms with Gasteiger partial charge in [0.05, 0.1) is 18.7 Å². The predicted molar refractivity (Wildman–Crippen MR) is 87.8 cm³/mol. The van der Waals surface area contributed by atoms with E-state index in [9.17, 15) is 5.11 Å². The van der Waals surface area contributed by atoms with Gasteiger partial charge >= 0.3 is 0 Å². The lowest BCUT2D eigenvalue weighted by molar-refractivity contribution is 0.0436. The molecule has 1 aromatic heterocycles. The topological polar surface area (TPSA) is 67.1 Å². The van der Waals surface area contributed by atoms with Crippen LogP contribution in [0.4, 0.5) is 0 Å². The number of likely N-dealkylation sites (tertiary alicyclic amines) is 1. The molecule has 0 radical (unpaired) electrons. The van der Waals surface area contributed by atoms with Crippen LogP contribution in [0.2, 0.25) is 0 Å². The number of tetrazole rings is 1. The molecule has 2 aromatic rings. The van der Waals surface area contributed by atoms with Crippen molar-refractivity contribution >= 4 is 0 Å². The fourth-order valence-electron chi connectivity index (χ4n) is 3.34. The van der Waals surface area contributed by atoms with Crippen molar-refractivity contribution in [3.05, 3.63) is 41.7 Å². The lowest BCUT2D eigenvalue weighted by Crippen LogP contribution is -2.41. The van der Waals surface area contributed by atoms with E-state index in [1.165, 1.54) is 5.56 Å². The molecule has 1 unspecified atom stereocenters. The summed E-state index contributed by atoms with van der Waals surface area (Å²) in [6, 6.07) is 10.4. The first-order valence-electron chi connectivity index (χ1n) is 8.37. The van der Waals surface area contributed by atoms with Gasteiger partial charge in [-0.2, -0.15) is 0 Å². The van der Waals surface area contributed by atoms with E-state index in [0.717, 1.165) is 31.8 Å². The first-order chi connectivity index (χ1) is 11.1. The SMILES string of the molecule is CC(C)C(c1nnnn1Cc1ccccc1)N1CCC(O)CC1. The van der Waals surface area contributed by atoms with Crippen LogP contribution in [0.25, 0.3) is 0 Å². The number of rotatable bonds is 5. The molecule has 0 saturated carbocycles. The Labute approximate surface area is 137 Å². The Bertz CT molecular complexity index is 604. The average Bonchev–Trinajstić information content (AvgIpc) is 2.98. The fraction of sp³-hybridized carbons (Fsp3) is 0.588. The molecule has 0 bridgehead atoms. The molecule has 0 aliphatic carbocycles. The van der Waals surface area contributed by atoms with Crippen LogP contribution in [0.15, 0.2) is 30.3 Å². The van der Waals surface area contributed by atoms with Crippen LogP contribution in [0.1, 0.15) is 44.1 Å². The second-order valence-corrected chi connectivity index (χ2v) is 6.64. The second-order valence-electron chi connectivity index (χ2n) is 6.64. The average molecular weight is 315 g/mol. The van der Waals surface area contributed by atoms with Crippen LogP contribution in [-0.4, -0.2) is 49.4 Å². The monoisotopic (exact) mass is 315 g/mol. The van der Waals surface area contributed by atoms with E-state index in [2.05, 4.69) is 46.4 Å². The van der Waals surface area contributed by atoms with Crippen LogP contribution >= 0.6 is 0 Å². The minimum absolute atomic E-state index is 0.167. The molecule has 1 saturated heterocycles. The largest absolute Gasteiger partial charge is 0.393 e. The Hall–Kier alpha value is -1.79. The molecule has 23 heavy (non-hydrogen) atoms. The van der Waals surface area contributed by atoms with Crippen molar-refractivity contribution in [2.24, 2.45) is 5.92 Å². The zero-order chi connectivity index (χ0) is 16.2. The summed E-state index contributed by atoms with van der Waals surface area (Å²) in [5.74, 6) is 1.33. The number of piperidine rings is 1. The van der Waals surface area contributed by atoms with Gasteiger partial charge in [0.1, 0.15) is 0 Å². The molecule has 6 nitrogen and oxygen atoms in total. The standard InChI is InChI=1S/C17H25N5O/c1-13(2)16(21-10-8-15(23)9-11-21)17-18-19-20-22(17)12-14-6-4-3-5-7-14/h3-7,13,15-16,23H,8-12H2,1-2H3. The predicted octanol–water partition coefficient (Wildman–Crippen LogP) is 1.88. The first-order valence-corrected chi connectivity index (χ1v) is 8.37. The molecule has 1 aliphatic rings. The van der Waals surface area contributed by atoms with E-state index in [0.29, 0.717) is 12.5 Å². The minimum atomic E-state index is -0.167. The number of nitrogens with zero attached hydrogens (tertiary/aromatic N) is 5. The first kappa shape index (κ1) is 16.1. The van der Waals surface area contributed by atoms with E-state index in [-0.39, 0.29) is 12.1 Å². The maximum atomic E-state index is 9.76. The van der Waals surface area contributed by atoms with E-state index < -0.39 is 0 Å². The van der Waals surface area contributed by atoms with Crippen molar-refractivity contribution in [2.75, 3.05) is 13.1 Å². The van der Waals surface area contributed by atoms with Gasteiger partial charge in [0.15, 0.2) is 5.82 Å². The highest BCUT2D eigenvalue weighted by molar-refractivity contribution is 5.15. The summed E-state index contributed by atoms with van der Waals surface area (Å²) in [6.45, 7) is 6.88. The number of aromatic nitrogens is 4. The lowest BCUT2D eigenvalue weighted by atomic mass is 9.97. The van der Waals surface area contributed by atoms with E-state index in [1.807, 2.05) is 22.9 Å². The second kappa shape index (κ2) is 7.19. The van der Waals surface area contributed by atoms with Gasteiger partial charge in [-0.15, -0.1) is 5.10 Å². The van der Waals surface area contributed by atoms with Crippen LogP contribution in [0, 0.1) is 5.92 Å². The lowest BCUT2D eigenvalue weighted by Gasteiger charge is -2.37. The number of aliphatic hydroxyl groups excluding tert-OH is 1. The number of benzene rings is 1. The maximum absolute atomic E-state index is 9.76. The Morgan fingerprint density at radius 1 is 1.17 bits per heavy atom. The van der Waals surface area contributed by atoms with E-state index in [4.69, 9.17) is 0 Å².